The molecule has 0 atom stereocenters. The van der Waals surface area contributed by atoms with Gasteiger partial charge < -0.3 is 0 Å². The summed E-state index contributed by atoms with van der Waals surface area (Å²) < 4.78 is 38.5. The van der Waals surface area contributed by atoms with Gasteiger partial charge >= 0.3 is 6.18 Å². The fraction of sp³-hybridized carbons (Fsp3) is 0.125. The third-order valence-electron chi connectivity index (χ3n) is 3.04. The molecule has 1 N–H and O–H groups in total. The average Bonchev–Trinajstić information content (AvgIpc) is 2.48. The van der Waals surface area contributed by atoms with Gasteiger partial charge in [0, 0.05) is 0 Å². The van der Waals surface area contributed by atoms with Crippen molar-refractivity contribution in [1.82, 2.24) is 5.43 Å². The van der Waals surface area contributed by atoms with Crippen molar-refractivity contribution < 1.29 is 18.0 Å². The van der Waals surface area contributed by atoms with E-state index in [1.807, 2.05) is 19.1 Å². The quantitative estimate of drug-likeness (QED) is 0.680. The summed E-state index contributed by atoms with van der Waals surface area (Å²) in [4.78, 5) is 11.9. The summed E-state index contributed by atoms with van der Waals surface area (Å²) in [5, 5.41) is 3.71. The van der Waals surface area contributed by atoms with Gasteiger partial charge in [-0.1, -0.05) is 36.4 Å². The largest absolute Gasteiger partial charge is 0.417 e. The molecule has 6 heteroatoms. The third-order valence-corrected chi connectivity index (χ3v) is 3.04. The Hall–Kier alpha value is -2.63. The van der Waals surface area contributed by atoms with Crippen molar-refractivity contribution in [3.8, 4) is 0 Å². The first kappa shape index (κ1) is 15.8. The van der Waals surface area contributed by atoms with E-state index in [0.717, 1.165) is 23.3 Å². The normalized spacial score (nSPS) is 11.6. The van der Waals surface area contributed by atoms with Crippen LogP contribution in [0.25, 0.3) is 0 Å². The lowest BCUT2D eigenvalue weighted by atomic mass is 10.1. The first-order valence-corrected chi connectivity index (χ1v) is 6.45. The van der Waals surface area contributed by atoms with Crippen LogP contribution < -0.4 is 5.43 Å². The van der Waals surface area contributed by atoms with E-state index in [-0.39, 0.29) is 0 Å². The van der Waals surface area contributed by atoms with Crippen molar-refractivity contribution in [3.05, 3.63) is 70.8 Å². The van der Waals surface area contributed by atoms with Crippen molar-refractivity contribution >= 4 is 12.1 Å². The second-order valence-electron chi connectivity index (χ2n) is 4.60. The highest BCUT2D eigenvalue weighted by Crippen LogP contribution is 2.31. The highest BCUT2D eigenvalue weighted by molar-refractivity contribution is 5.96. The molecule has 2 rings (SSSR count). The molecule has 2 aromatic carbocycles. The maximum absolute atomic E-state index is 12.8. The van der Waals surface area contributed by atoms with Gasteiger partial charge in [-0.25, -0.2) is 5.43 Å². The van der Waals surface area contributed by atoms with Gasteiger partial charge in [-0.05, 0) is 30.2 Å². The summed E-state index contributed by atoms with van der Waals surface area (Å²) in [7, 11) is 0. The minimum Gasteiger partial charge on any atom is -0.267 e. The Kier molecular flexibility index (Phi) is 4.60. The highest BCUT2D eigenvalue weighted by atomic mass is 19.4. The Balaban J connectivity index is 2.16. The van der Waals surface area contributed by atoms with Crippen molar-refractivity contribution in [2.45, 2.75) is 13.1 Å². The molecule has 0 aromatic heterocycles. The first-order chi connectivity index (χ1) is 10.4. The average molecular weight is 306 g/mol. The molecule has 0 aliphatic rings. The van der Waals surface area contributed by atoms with Crippen LogP contribution in [0.5, 0.6) is 0 Å². The van der Waals surface area contributed by atoms with E-state index in [2.05, 4.69) is 10.5 Å². The number of amides is 1. The van der Waals surface area contributed by atoms with Gasteiger partial charge in [0.15, 0.2) is 0 Å². The number of halogens is 3. The number of aryl methyl sites for hydroxylation is 1. The number of alkyl halides is 3. The molecule has 0 fully saturated rings. The molecule has 0 saturated heterocycles. The Morgan fingerprint density at radius 2 is 1.73 bits per heavy atom. The lowest BCUT2D eigenvalue weighted by Gasteiger charge is -2.11. The first-order valence-electron chi connectivity index (χ1n) is 6.45. The molecule has 0 bridgehead atoms. The van der Waals surface area contributed by atoms with Crippen LogP contribution in [0.2, 0.25) is 0 Å². The molecular formula is C16H13F3N2O. The minimum absolute atomic E-state index is 0.461. The molecule has 22 heavy (non-hydrogen) atoms. The van der Waals surface area contributed by atoms with Crippen LogP contribution in [-0.4, -0.2) is 12.1 Å². The van der Waals surface area contributed by atoms with Crippen LogP contribution in [0.1, 0.15) is 27.0 Å². The number of carbonyl (C=O) groups is 1. The zero-order valence-corrected chi connectivity index (χ0v) is 11.7. The molecule has 0 aliphatic heterocycles. The standard InChI is InChI=1S/C16H13F3N2O/c1-11-6-2-3-7-12(11)10-20-21-15(22)13-8-4-5-9-14(13)16(17,18)19/h2-10H,1H3,(H,21,22)/b20-10+. The van der Waals surface area contributed by atoms with Crippen LogP contribution in [0.4, 0.5) is 13.2 Å². The van der Waals surface area contributed by atoms with E-state index < -0.39 is 23.2 Å². The summed E-state index contributed by atoms with van der Waals surface area (Å²) in [6.45, 7) is 1.86. The second kappa shape index (κ2) is 6.43. The summed E-state index contributed by atoms with van der Waals surface area (Å²) in [5.41, 5.74) is 2.38. The van der Waals surface area contributed by atoms with Gasteiger partial charge in [-0.15, -0.1) is 0 Å². The van der Waals surface area contributed by atoms with Gasteiger partial charge in [0.2, 0.25) is 0 Å². The molecule has 0 radical (unpaired) electrons. The third kappa shape index (κ3) is 3.72. The molecular weight excluding hydrogens is 293 g/mol. The van der Waals surface area contributed by atoms with Crippen LogP contribution in [0, 0.1) is 6.92 Å². The summed E-state index contributed by atoms with van der Waals surface area (Å²) >= 11 is 0. The fourth-order valence-corrected chi connectivity index (χ4v) is 1.88. The topological polar surface area (TPSA) is 41.5 Å². The predicted molar refractivity (Wildman–Crippen MR) is 77.7 cm³/mol. The van der Waals surface area contributed by atoms with E-state index in [1.54, 1.807) is 12.1 Å². The van der Waals surface area contributed by atoms with Crippen LogP contribution in [0.15, 0.2) is 53.6 Å². The highest BCUT2D eigenvalue weighted by Gasteiger charge is 2.34. The SMILES string of the molecule is Cc1ccccc1/C=N/NC(=O)c1ccccc1C(F)(F)F. The fourth-order valence-electron chi connectivity index (χ4n) is 1.88. The number of nitrogens with zero attached hydrogens (tertiary/aromatic N) is 1. The monoisotopic (exact) mass is 306 g/mol. The van der Waals surface area contributed by atoms with Crippen LogP contribution in [0.3, 0.4) is 0 Å². The van der Waals surface area contributed by atoms with Crippen molar-refractivity contribution in [3.63, 3.8) is 0 Å². The number of benzene rings is 2. The predicted octanol–water partition coefficient (Wildman–Crippen LogP) is 3.78. The number of carbonyl (C=O) groups excluding carboxylic acids is 1. The lowest BCUT2D eigenvalue weighted by molar-refractivity contribution is -0.137. The maximum Gasteiger partial charge on any atom is 0.417 e. The summed E-state index contributed by atoms with van der Waals surface area (Å²) in [6.07, 6.45) is -3.20. The molecule has 0 unspecified atom stereocenters. The van der Waals surface area contributed by atoms with E-state index in [0.29, 0.717) is 0 Å². The summed E-state index contributed by atoms with van der Waals surface area (Å²) in [6, 6.07) is 11.9. The zero-order chi connectivity index (χ0) is 16.2. The van der Waals surface area contributed by atoms with Gasteiger partial charge in [-0.3, -0.25) is 4.79 Å². The number of hydrogen-bond donors (Lipinski definition) is 1. The molecule has 3 nitrogen and oxygen atoms in total. The minimum atomic E-state index is -4.59. The number of hydrogen-bond acceptors (Lipinski definition) is 2. The Labute approximate surface area is 125 Å². The van der Waals surface area contributed by atoms with Gasteiger partial charge in [0.05, 0.1) is 17.3 Å². The van der Waals surface area contributed by atoms with Gasteiger partial charge in [0.1, 0.15) is 0 Å². The molecule has 0 saturated carbocycles. The Morgan fingerprint density at radius 1 is 1.09 bits per heavy atom. The molecule has 0 heterocycles. The summed E-state index contributed by atoms with van der Waals surface area (Å²) in [5.74, 6) is -0.905. The Morgan fingerprint density at radius 3 is 2.41 bits per heavy atom. The second-order valence-corrected chi connectivity index (χ2v) is 4.60. The number of rotatable bonds is 3. The van der Waals surface area contributed by atoms with Crippen molar-refractivity contribution in [2.75, 3.05) is 0 Å². The number of nitrogens with one attached hydrogen (secondary N) is 1. The van der Waals surface area contributed by atoms with Crippen LogP contribution >= 0.6 is 0 Å². The van der Waals surface area contributed by atoms with E-state index in [1.165, 1.54) is 18.3 Å². The maximum atomic E-state index is 12.8. The van der Waals surface area contributed by atoms with E-state index in [4.69, 9.17) is 0 Å². The number of hydrazone groups is 1. The molecule has 114 valence electrons. The van der Waals surface area contributed by atoms with E-state index in [9.17, 15) is 18.0 Å². The van der Waals surface area contributed by atoms with Crippen LogP contribution in [-0.2, 0) is 6.18 Å². The lowest BCUT2D eigenvalue weighted by Crippen LogP contribution is -2.22. The van der Waals surface area contributed by atoms with E-state index >= 15 is 0 Å². The van der Waals surface area contributed by atoms with Gasteiger partial charge in [0.25, 0.3) is 5.91 Å². The molecule has 2 aromatic rings. The Bertz CT molecular complexity index is 709. The van der Waals surface area contributed by atoms with Gasteiger partial charge in [-0.2, -0.15) is 18.3 Å². The molecule has 0 aliphatic carbocycles. The van der Waals surface area contributed by atoms with Crippen molar-refractivity contribution in [1.29, 1.82) is 0 Å². The molecule has 0 spiro atoms. The zero-order valence-electron chi connectivity index (χ0n) is 11.7. The molecule has 1 amide bonds. The smallest absolute Gasteiger partial charge is 0.267 e. The van der Waals surface area contributed by atoms with Crippen molar-refractivity contribution in [2.24, 2.45) is 5.10 Å².